The van der Waals surface area contributed by atoms with Crippen molar-refractivity contribution in [2.45, 2.75) is 31.7 Å². The number of nitrogens with one attached hydrogen (secondary N) is 1. The molecule has 0 aliphatic carbocycles. The van der Waals surface area contributed by atoms with E-state index in [1.165, 1.54) is 6.42 Å². The number of hydrogen-bond donors (Lipinski definition) is 1. The molecule has 2 heterocycles. The van der Waals surface area contributed by atoms with Gasteiger partial charge in [-0.15, -0.1) is 0 Å². The van der Waals surface area contributed by atoms with Crippen LogP contribution in [-0.4, -0.2) is 31.6 Å². The highest BCUT2D eigenvalue weighted by molar-refractivity contribution is 6.00. The molecule has 4 heteroatoms. The van der Waals surface area contributed by atoms with E-state index in [0.717, 1.165) is 31.6 Å². The van der Waals surface area contributed by atoms with Gasteiger partial charge in [-0.2, -0.15) is 0 Å². The summed E-state index contributed by atoms with van der Waals surface area (Å²) in [6.07, 6.45) is 4.41. The molecule has 0 saturated carbocycles. The molecule has 1 aromatic rings. The van der Waals surface area contributed by atoms with Gasteiger partial charge in [-0.3, -0.25) is 4.79 Å². The molecular weight excluding hydrogens is 242 g/mol. The van der Waals surface area contributed by atoms with Gasteiger partial charge in [0.15, 0.2) is 17.3 Å². The number of hydrogen-bond acceptors (Lipinski definition) is 4. The summed E-state index contributed by atoms with van der Waals surface area (Å²) < 4.78 is 11.0. The molecule has 0 aromatic heterocycles. The molecule has 1 atom stereocenters. The summed E-state index contributed by atoms with van der Waals surface area (Å²) in [7, 11) is 0. The highest BCUT2D eigenvalue weighted by atomic mass is 16.6. The van der Waals surface area contributed by atoms with E-state index in [1.54, 1.807) is 0 Å². The number of rotatable bonds is 2. The first kappa shape index (κ1) is 12.5. The lowest BCUT2D eigenvalue weighted by Crippen LogP contribution is -2.36. The molecule has 102 valence electrons. The second-order valence-corrected chi connectivity index (χ2v) is 5.08. The van der Waals surface area contributed by atoms with Crippen molar-refractivity contribution >= 4 is 5.78 Å². The topological polar surface area (TPSA) is 47.6 Å². The van der Waals surface area contributed by atoms with Crippen molar-refractivity contribution in [3.8, 4) is 11.5 Å². The maximum atomic E-state index is 12.5. The second kappa shape index (κ2) is 5.61. The number of ketones is 1. The van der Waals surface area contributed by atoms with Crippen LogP contribution in [0.5, 0.6) is 11.5 Å². The van der Waals surface area contributed by atoms with E-state index in [2.05, 4.69) is 5.32 Å². The summed E-state index contributed by atoms with van der Waals surface area (Å²) in [5.74, 6) is 1.58. The van der Waals surface area contributed by atoms with Crippen LogP contribution in [0.3, 0.4) is 0 Å². The Morgan fingerprint density at radius 3 is 2.84 bits per heavy atom. The molecule has 0 bridgehead atoms. The third-order valence-corrected chi connectivity index (χ3v) is 3.70. The number of Topliss-reactive ketones (excluding diaryl/α,β-unsaturated/α-hetero) is 1. The Bertz CT molecular complexity index is 464. The molecule has 1 unspecified atom stereocenters. The quantitative estimate of drug-likeness (QED) is 0.829. The minimum atomic E-state index is -0.0509. The predicted octanol–water partition coefficient (Wildman–Crippen LogP) is 2.17. The van der Waals surface area contributed by atoms with Crippen LogP contribution in [0.1, 0.15) is 36.0 Å². The number of carbonyl (C=O) groups is 1. The third kappa shape index (κ3) is 2.73. The van der Waals surface area contributed by atoms with Crippen LogP contribution in [-0.2, 0) is 0 Å². The fraction of sp³-hybridized carbons (Fsp3) is 0.533. The van der Waals surface area contributed by atoms with Gasteiger partial charge in [0.05, 0.1) is 6.04 Å². The molecule has 1 fully saturated rings. The molecule has 4 nitrogen and oxygen atoms in total. The smallest absolute Gasteiger partial charge is 0.179 e. The van der Waals surface area contributed by atoms with Gasteiger partial charge in [0.25, 0.3) is 0 Å². The fourth-order valence-corrected chi connectivity index (χ4v) is 2.65. The van der Waals surface area contributed by atoms with E-state index in [9.17, 15) is 4.79 Å². The molecule has 2 aliphatic rings. The normalized spacial score (nSPS) is 22.6. The molecule has 3 rings (SSSR count). The Morgan fingerprint density at radius 2 is 1.95 bits per heavy atom. The maximum absolute atomic E-state index is 12.5. The molecule has 1 N–H and O–H groups in total. The van der Waals surface area contributed by atoms with Crippen molar-refractivity contribution < 1.29 is 14.3 Å². The zero-order valence-electron chi connectivity index (χ0n) is 11.0. The van der Waals surface area contributed by atoms with Crippen molar-refractivity contribution in [3.63, 3.8) is 0 Å². The molecule has 0 amide bonds. The van der Waals surface area contributed by atoms with Gasteiger partial charge in [-0.05, 0) is 37.6 Å². The van der Waals surface area contributed by atoms with Crippen LogP contribution in [0.15, 0.2) is 18.2 Å². The minimum Gasteiger partial charge on any atom is -0.486 e. The first-order valence-corrected chi connectivity index (χ1v) is 7.02. The molecule has 1 aromatic carbocycles. The Hall–Kier alpha value is -1.55. The summed E-state index contributed by atoms with van der Waals surface area (Å²) in [4.78, 5) is 12.5. The summed E-state index contributed by atoms with van der Waals surface area (Å²) in [6, 6.07) is 5.43. The van der Waals surface area contributed by atoms with Crippen molar-refractivity contribution in [1.82, 2.24) is 5.32 Å². The number of ether oxygens (including phenoxy) is 2. The van der Waals surface area contributed by atoms with Gasteiger partial charge in [0, 0.05) is 5.56 Å². The summed E-state index contributed by atoms with van der Waals surface area (Å²) >= 11 is 0. The largest absolute Gasteiger partial charge is 0.486 e. The average Bonchev–Trinajstić information content (AvgIpc) is 2.75. The zero-order chi connectivity index (χ0) is 13.1. The summed E-state index contributed by atoms with van der Waals surface area (Å²) in [5.41, 5.74) is 0.712. The molecular formula is C15H19NO3. The van der Waals surface area contributed by atoms with Gasteiger partial charge in [0.2, 0.25) is 0 Å². The first-order chi connectivity index (χ1) is 9.34. The number of fused-ring (bicyclic) bond motifs is 1. The van der Waals surface area contributed by atoms with E-state index >= 15 is 0 Å². The van der Waals surface area contributed by atoms with Gasteiger partial charge < -0.3 is 14.8 Å². The van der Waals surface area contributed by atoms with Crippen LogP contribution < -0.4 is 14.8 Å². The van der Waals surface area contributed by atoms with Gasteiger partial charge >= 0.3 is 0 Å². The molecule has 1 saturated heterocycles. The Kier molecular flexibility index (Phi) is 3.69. The SMILES string of the molecule is O=C(c1ccc2c(c1)OCCO2)C1CCCCCN1. The Balaban J connectivity index is 1.78. The van der Waals surface area contributed by atoms with E-state index < -0.39 is 0 Å². The molecule has 2 aliphatic heterocycles. The highest BCUT2D eigenvalue weighted by Crippen LogP contribution is 2.31. The minimum absolute atomic E-state index is 0.0509. The van der Waals surface area contributed by atoms with E-state index in [-0.39, 0.29) is 11.8 Å². The van der Waals surface area contributed by atoms with Crippen molar-refractivity contribution in [2.24, 2.45) is 0 Å². The van der Waals surface area contributed by atoms with Crippen LogP contribution >= 0.6 is 0 Å². The van der Waals surface area contributed by atoms with Gasteiger partial charge in [-0.25, -0.2) is 0 Å². The third-order valence-electron chi connectivity index (χ3n) is 3.70. The highest BCUT2D eigenvalue weighted by Gasteiger charge is 2.22. The zero-order valence-corrected chi connectivity index (χ0v) is 11.0. The van der Waals surface area contributed by atoms with Crippen LogP contribution in [0, 0.1) is 0 Å². The lowest BCUT2D eigenvalue weighted by Gasteiger charge is -2.20. The molecule has 0 radical (unpaired) electrons. The maximum Gasteiger partial charge on any atom is 0.179 e. The van der Waals surface area contributed by atoms with Crippen LogP contribution in [0.4, 0.5) is 0 Å². The van der Waals surface area contributed by atoms with Crippen molar-refractivity contribution in [1.29, 1.82) is 0 Å². The molecule has 19 heavy (non-hydrogen) atoms. The van der Waals surface area contributed by atoms with E-state index in [4.69, 9.17) is 9.47 Å². The Morgan fingerprint density at radius 1 is 1.11 bits per heavy atom. The predicted molar refractivity (Wildman–Crippen MR) is 72.0 cm³/mol. The second-order valence-electron chi connectivity index (χ2n) is 5.08. The summed E-state index contributed by atoms with van der Waals surface area (Å²) in [6.45, 7) is 2.05. The number of benzene rings is 1. The van der Waals surface area contributed by atoms with Gasteiger partial charge in [-0.1, -0.05) is 12.8 Å². The lowest BCUT2D eigenvalue weighted by molar-refractivity contribution is 0.0939. The molecule has 0 spiro atoms. The van der Waals surface area contributed by atoms with Gasteiger partial charge in [0.1, 0.15) is 13.2 Å². The average molecular weight is 261 g/mol. The number of carbonyl (C=O) groups excluding carboxylic acids is 1. The van der Waals surface area contributed by atoms with Crippen LogP contribution in [0.25, 0.3) is 0 Å². The standard InChI is InChI=1S/C15H19NO3/c17-15(12-4-2-1-3-7-16-12)11-5-6-13-14(10-11)19-9-8-18-13/h5-6,10,12,16H,1-4,7-9H2. The van der Waals surface area contributed by atoms with Crippen molar-refractivity contribution in [2.75, 3.05) is 19.8 Å². The fourth-order valence-electron chi connectivity index (χ4n) is 2.65. The van der Waals surface area contributed by atoms with Crippen LogP contribution in [0.2, 0.25) is 0 Å². The van der Waals surface area contributed by atoms with Crippen molar-refractivity contribution in [3.05, 3.63) is 23.8 Å². The first-order valence-electron chi connectivity index (χ1n) is 7.02. The monoisotopic (exact) mass is 261 g/mol. The van der Waals surface area contributed by atoms with E-state index in [1.807, 2.05) is 18.2 Å². The Labute approximate surface area is 113 Å². The summed E-state index contributed by atoms with van der Waals surface area (Å²) in [5, 5.41) is 3.34. The lowest BCUT2D eigenvalue weighted by atomic mass is 10.00. The van der Waals surface area contributed by atoms with E-state index in [0.29, 0.717) is 24.5 Å².